The second-order valence-corrected chi connectivity index (χ2v) is 7.20. The Labute approximate surface area is 136 Å². The molecule has 0 radical (unpaired) electrons. The van der Waals surface area contributed by atoms with Gasteiger partial charge in [-0.2, -0.15) is 0 Å². The Morgan fingerprint density at radius 3 is 2.77 bits per heavy atom. The van der Waals surface area contributed by atoms with E-state index in [2.05, 4.69) is 52.3 Å². The molecule has 0 spiro atoms. The number of nitrogens with one attached hydrogen (secondary N) is 3. The van der Waals surface area contributed by atoms with Crippen molar-refractivity contribution in [1.29, 1.82) is 0 Å². The zero-order chi connectivity index (χ0) is 16.0. The summed E-state index contributed by atoms with van der Waals surface area (Å²) in [7, 11) is 0. The minimum atomic E-state index is -0.00257. The number of hydrogen-bond donors (Lipinski definition) is 3. The number of rotatable bonds is 7. The van der Waals surface area contributed by atoms with Crippen molar-refractivity contribution in [3.63, 3.8) is 0 Å². The van der Waals surface area contributed by atoms with Gasteiger partial charge in [-0.3, -0.25) is 4.79 Å². The van der Waals surface area contributed by atoms with Crippen LogP contribution in [0.2, 0.25) is 0 Å². The lowest BCUT2D eigenvalue weighted by Crippen LogP contribution is -2.43. The summed E-state index contributed by atoms with van der Waals surface area (Å²) in [6, 6.07) is 4.61. The quantitative estimate of drug-likeness (QED) is 0.530. The van der Waals surface area contributed by atoms with E-state index >= 15 is 0 Å². The van der Waals surface area contributed by atoms with Gasteiger partial charge in [0.25, 0.3) is 0 Å². The number of guanidine groups is 1. The SMILES string of the molecule is CCNC(=NCC(=O)NC1CC1)NCC(C)(C)c1cccs1. The lowest BCUT2D eigenvalue weighted by atomic mass is 9.91. The summed E-state index contributed by atoms with van der Waals surface area (Å²) >= 11 is 1.76. The van der Waals surface area contributed by atoms with E-state index in [1.165, 1.54) is 4.88 Å². The van der Waals surface area contributed by atoms with Crippen LogP contribution < -0.4 is 16.0 Å². The standard InChI is InChI=1S/C16H26N4OS/c1-4-17-15(18-10-14(21)20-12-7-8-12)19-11-16(2,3)13-6-5-9-22-13/h5-6,9,12H,4,7-8,10-11H2,1-3H3,(H,20,21)(H2,17,18,19). The highest BCUT2D eigenvalue weighted by molar-refractivity contribution is 7.10. The molecule has 6 heteroatoms. The normalized spacial score (nSPS) is 15.5. The van der Waals surface area contributed by atoms with Crippen LogP contribution >= 0.6 is 11.3 Å². The van der Waals surface area contributed by atoms with Gasteiger partial charge in [-0.25, -0.2) is 4.99 Å². The highest BCUT2D eigenvalue weighted by Crippen LogP contribution is 2.26. The van der Waals surface area contributed by atoms with Crippen LogP contribution in [0.3, 0.4) is 0 Å². The smallest absolute Gasteiger partial charge is 0.242 e. The molecule has 5 nitrogen and oxygen atoms in total. The number of aliphatic imine (C=N–C) groups is 1. The van der Waals surface area contributed by atoms with Gasteiger partial charge in [-0.15, -0.1) is 11.3 Å². The Hall–Kier alpha value is -1.56. The molecule has 0 bridgehead atoms. The van der Waals surface area contributed by atoms with E-state index in [1.807, 2.05) is 6.92 Å². The maximum atomic E-state index is 11.7. The van der Waals surface area contributed by atoms with Gasteiger partial charge in [-0.1, -0.05) is 19.9 Å². The minimum absolute atomic E-state index is 0.00257. The first-order valence-corrected chi connectivity index (χ1v) is 8.75. The van der Waals surface area contributed by atoms with E-state index < -0.39 is 0 Å². The Bertz CT molecular complexity index is 506. The summed E-state index contributed by atoms with van der Waals surface area (Å²) in [6.45, 7) is 8.14. The number of carbonyl (C=O) groups excluding carboxylic acids is 1. The van der Waals surface area contributed by atoms with Crippen molar-refractivity contribution in [2.24, 2.45) is 4.99 Å². The molecule has 0 saturated heterocycles. The Morgan fingerprint density at radius 2 is 2.18 bits per heavy atom. The predicted molar refractivity (Wildman–Crippen MR) is 92.5 cm³/mol. The van der Waals surface area contributed by atoms with Crippen LogP contribution in [0.1, 0.15) is 38.5 Å². The topological polar surface area (TPSA) is 65.5 Å². The second-order valence-electron chi connectivity index (χ2n) is 6.25. The molecule has 0 aliphatic heterocycles. The van der Waals surface area contributed by atoms with Gasteiger partial charge < -0.3 is 16.0 Å². The largest absolute Gasteiger partial charge is 0.357 e. The van der Waals surface area contributed by atoms with Gasteiger partial charge in [0.2, 0.25) is 5.91 Å². The van der Waals surface area contributed by atoms with Crippen LogP contribution in [-0.4, -0.2) is 37.5 Å². The van der Waals surface area contributed by atoms with Gasteiger partial charge in [-0.05, 0) is 31.2 Å². The number of nitrogens with zero attached hydrogens (tertiary/aromatic N) is 1. The van der Waals surface area contributed by atoms with Crippen molar-refractivity contribution < 1.29 is 4.79 Å². The third-order valence-corrected chi connectivity index (χ3v) is 4.79. The molecule has 22 heavy (non-hydrogen) atoms. The van der Waals surface area contributed by atoms with Crippen molar-refractivity contribution in [2.45, 2.75) is 45.1 Å². The van der Waals surface area contributed by atoms with Crippen molar-refractivity contribution in [1.82, 2.24) is 16.0 Å². The van der Waals surface area contributed by atoms with Gasteiger partial charge in [0.05, 0.1) is 0 Å². The van der Waals surface area contributed by atoms with Crippen molar-refractivity contribution >= 4 is 23.2 Å². The molecule has 2 rings (SSSR count). The van der Waals surface area contributed by atoms with Crippen molar-refractivity contribution in [2.75, 3.05) is 19.6 Å². The Kier molecular flexibility index (Phi) is 5.83. The van der Waals surface area contributed by atoms with Gasteiger partial charge in [0.1, 0.15) is 6.54 Å². The summed E-state index contributed by atoms with van der Waals surface area (Å²) in [5.41, 5.74) is 0.0284. The molecule has 0 unspecified atom stereocenters. The highest BCUT2D eigenvalue weighted by Gasteiger charge is 2.23. The zero-order valence-electron chi connectivity index (χ0n) is 13.6. The fraction of sp³-hybridized carbons (Fsp3) is 0.625. The predicted octanol–water partition coefficient (Wildman–Crippen LogP) is 1.86. The Morgan fingerprint density at radius 1 is 1.41 bits per heavy atom. The lowest BCUT2D eigenvalue weighted by molar-refractivity contribution is -0.119. The van der Waals surface area contributed by atoms with Crippen LogP contribution in [-0.2, 0) is 10.2 Å². The number of hydrogen-bond acceptors (Lipinski definition) is 3. The molecule has 1 aliphatic carbocycles. The summed E-state index contributed by atoms with van der Waals surface area (Å²) in [5, 5.41) is 11.6. The molecule has 1 aromatic heterocycles. The van der Waals surface area contributed by atoms with Crippen LogP contribution in [0.4, 0.5) is 0 Å². The third-order valence-electron chi connectivity index (χ3n) is 3.55. The molecule has 0 aromatic carbocycles. The first-order valence-electron chi connectivity index (χ1n) is 7.87. The van der Waals surface area contributed by atoms with Crippen LogP contribution in [0.25, 0.3) is 0 Å². The summed E-state index contributed by atoms with van der Waals surface area (Å²) in [6.07, 6.45) is 2.20. The van der Waals surface area contributed by atoms with Gasteiger partial charge in [0, 0.05) is 29.4 Å². The van der Waals surface area contributed by atoms with Crippen LogP contribution in [0.15, 0.2) is 22.5 Å². The lowest BCUT2D eigenvalue weighted by Gasteiger charge is -2.25. The molecular formula is C16H26N4OS. The molecule has 0 atom stereocenters. The third kappa shape index (κ3) is 5.33. The van der Waals surface area contributed by atoms with E-state index in [4.69, 9.17) is 0 Å². The average molecular weight is 322 g/mol. The number of thiophene rings is 1. The molecular weight excluding hydrogens is 296 g/mol. The van der Waals surface area contributed by atoms with Crippen molar-refractivity contribution in [3.8, 4) is 0 Å². The zero-order valence-corrected chi connectivity index (χ0v) is 14.4. The van der Waals surface area contributed by atoms with Crippen molar-refractivity contribution in [3.05, 3.63) is 22.4 Å². The molecule has 1 heterocycles. The number of carbonyl (C=O) groups is 1. The molecule has 1 fully saturated rings. The second kappa shape index (κ2) is 7.63. The highest BCUT2D eigenvalue weighted by atomic mass is 32.1. The minimum Gasteiger partial charge on any atom is -0.357 e. The summed E-state index contributed by atoms with van der Waals surface area (Å²) in [4.78, 5) is 17.4. The molecule has 1 aromatic rings. The van der Waals surface area contributed by atoms with Crippen LogP contribution in [0, 0.1) is 0 Å². The van der Waals surface area contributed by atoms with E-state index in [-0.39, 0.29) is 17.9 Å². The maximum Gasteiger partial charge on any atom is 0.242 e. The first kappa shape index (κ1) is 16.8. The average Bonchev–Trinajstić information content (AvgIpc) is 3.10. The van der Waals surface area contributed by atoms with Gasteiger partial charge in [0.15, 0.2) is 5.96 Å². The molecule has 122 valence electrons. The monoisotopic (exact) mass is 322 g/mol. The fourth-order valence-electron chi connectivity index (χ4n) is 2.05. The maximum absolute atomic E-state index is 11.7. The first-order chi connectivity index (χ1) is 10.5. The van der Waals surface area contributed by atoms with E-state index in [9.17, 15) is 4.79 Å². The number of amides is 1. The summed E-state index contributed by atoms with van der Waals surface area (Å²) in [5.74, 6) is 0.690. The van der Waals surface area contributed by atoms with E-state index in [0.717, 1.165) is 25.9 Å². The van der Waals surface area contributed by atoms with Crippen LogP contribution in [0.5, 0.6) is 0 Å². The van der Waals surface area contributed by atoms with Gasteiger partial charge >= 0.3 is 0 Å². The Balaban J connectivity index is 1.85. The fourth-order valence-corrected chi connectivity index (χ4v) is 2.90. The molecule has 1 saturated carbocycles. The molecule has 1 amide bonds. The molecule has 3 N–H and O–H groups in total. The summed E-state index contributed by atoms with van der Waals surface area (Å²) < 4.78 is 0. The molecule has 1 aliphatic rings. The van der Waals surface area contributed by atoms with E-state index in [1.54, 1.807) is 11.3 Å². The van der Waals surface area contributed by atoms with E-state index in [0.29, 0.717) is 12.0 Å².